The van der Waals surface area contributed by atoms with Gasteiger partial charge in [0.15, 0.2) is 0 Å². The van der Waals surface area contributed by atoms with Crippen molar-refractivity contribution >= 4 is 0 Å². The molecule has 0 aromatic carbocycles. The molecule has 72 valence electrons. The molecule has 1 atom stereocenters. The van der Waals surface area contributed by atoms with Crippen molar-refractivity contribution in [1.82, 2.24) is 9.78 Å². The number of nitrogens with zero attached hydrogens (tertiary/aromatic N) is 2. The van der Waals surface area contributed by atoms with Crippen LogP contribution in [0.5, 0.6) is 0 Å². The SMILES string of the molecule is Cn1cc2c(n1)C(N)CC(C)(C)C2. The van der Waals surface area contributed by atoms with Crippen LogP contribution in [-0.4, -0.2) is 9.78 Å². The average Bonchev–Trinajstić information content (AvgIpc) is 2.27. The van der Waals surface area contributed by atoms with E-state index in [0.717, 1.165) is 18.5 Å². The van der Waals surface area contributed by atoms with Gasteiger partial charge in [0.25, 0.3) is 0 Å². The molecule has 13 heavy (non-hydrogen) atoms. The van der Waals surface area contributed by atoms with Gasteiger partial charge in [0, 0.05) is 19.3 Å². The molecule has 1 unspecified atom stereocenters. The lowest BCUT2D eigenvalue weighted by Crippen LogP contribution is -2.29. The third kappa shape index (κ3) is 1.48. The first-order valence-electron chi connectivity index (χ1n) is 4.76. The number of aryl methyl sites for hydroxylation is 1. The van der Waals surface area contributed by atoms with Crippen LogP contribution in [0.3, 0.4) is 0 Å². The summed E-state index contributed by atoms with van der Waals surface area (Å²) in [5.74, 6) is 0. The first-order chi connectivity index (χ1) is 5.98. The molecule has 0 spiro atoms. The van der Waals surface area contributed by atoms with E-state index in [1.807, 2.05) is 11.7 Å². The summed E-state index contributed by atoms with van der Waals surface area (Å²) in [7, 11) is 1.96. The van der Waals surface area contributed by atoms with Crippen LogP contribution in [0.15, 0.2) is 6.20 Å². The van der Waals surface area contributed by atoms with Crippen LogP contribution >= 0.6 is 0 Å². The fourth-order valence-corrected chi connectivity index (χ4v) is 2.28. The monoisotopic (exact) mass is 179 g/mol. The molecule has 2 rings (SSSR count). The number of aromatic nitrogens is 2. The van der Waals surface area contributed by atoms with Crippen molar-refractivity contribution in [3.05, 3.63) is 17.5 Å². The molecular weight excluding hydrogens is 162 g/mol. The highest BCUT2D eigenvalue weighted by Crippen LogP contribution is 2.38. The standard InChI is InChI=1S/C10H17N3/c1-10(2)4-7-6-13(3)12-9(7)8(11)5-10/h6,8H,4-5,11H2,1-3H3. The highest BCUT2D eigenvalue weighted by Gasteiger charge is 2.32. The topological polar surface area (TPSA) is 43.8 Å². The summed E-state index contributed by atoms with van der Waals surface area (Å²) in [5.41, 5.74) is 8.81. The lowest BCUT2D eigenvalue weighted by atomic mass is 9.75. The third-order valence-corrected chi connectivity index (χ3v) is 2.73. The maximum Gasteiger partial charge on any atom is 0.0823 e. The van der Waals surface area contributed by atoms with E-state index in [2.05, 4.69) is 25.1 Å². The Labute approximate surface area is 78.9 Å². The van der Waals surface area contributed by atoms with Crippen LogP contribution in [0, 0.1) is 5.41 Å². The van der Waals surface area contributed by atoms with Gasteiger partial charge in [0.05, 0.1) is 5.69 Å². The summed E-state index contributed by atoms with van der Waals surface area (Å²) in [6, 6.07) is 0.125. The molecule has 0 radical (unpaired) electrons. The number of hydrogen-bond donors (Lipinski definition) is 1. The van der Waals surface area contributed by atoms with Gasteiger partial charge in [0.2, 0.25) is 0 Å². The number of rotatable bonds is 0. The zero-order chi connectivity index (χ0) is 9.64. The second kappa shape index (κ2) is 2.58. The summed E-state index contributed by atoms with van der Waals surface area (Å²) < 4.78 is 1.87. The van der Waals surface area contributed by atoms with Crippen molar-refractivity contribution in [2.24, 2.45) is 18.2 Å². The van der Waals surface area contributed by atoms with Crippen molar-refractivity contribution in [2.45, 2.75) is 32.7 Å². The Morgan fingerprint density at radius 1 is 1.62 bits per heavy atom. The molecule has 2 N–H and O–H groups in total. The Morgan fingerprint density at radius 2 is 2.31 bits per heavy atom. The van der Waals surface area contributed by atoms with E-state index in [1.54, 1.807) is 0 Å². The van der Waals surface area contributed by atoms with Crippen LogP contribution < -0.4 is 5.73 Å². The first kappa shape index (κ1) is 8.75. The number of nitrogens with two attached hydrogens (primary N) is 1. The van der Waals surface area contributed by atoms with Crippen molar-refractivity contribution < 1.29 is 0 Å². The molecule has 3 nitrogen and oxygen atoms in total. The number of hydrogen-bond acceptors (Lipinski definition) is 2. The summed E-state index contributed by atoms with van der Waals surface area (Å²) in [6.07, 6.45) is 4.23. The van der Waals surface area contributed by atoms with Crippen LogP contribution in [-0.2, 0) is 13.5 Å². The van der Waals surface area contributed by atoms with Crippen molar-refractivity contribution in [2.75, 3.05) is 0 Å². The maximum atomic E-state index is 6.06. The second-order valence-corrected chi connectivity index (χ2v) is 4.86. The van der Waals surface area contributed by atoms with Crippen molar-refractivity contribution in [3.63, 3.8) is 0 Å². The third-order valence-electron chi connectivity index (χ3n) is 2.73. The second-order valence-electron chi connectivity index (χ2n) is 4.86. The van der Waals surface area contributed by atoms with Gasteiger partial charge in [0.1, 0.15) is 0 Å². The molecule has 1 aromatic rings. The molecule has 1 aliphatic rings. The quantitative estimate of drug-likeness (QED) is 0.654. The van der Waals surface area contributed by atoms with E-state index in [0.29, 0.717) is 5.41 Å². The lowest BCUT2D eigenvalue weighted by molar-refractivity contribution is 0.281. The minimum atomic E-state index is 0.125. The van der Waals surface area contributed by atoms with Crippen molar-refractivity contribution in [1.29, 1.82) is 0 Å². The Morgan fingerprint density at radius 3 is 3.00 bits per heavy atom. The number of fused-ring (bicyclic) bond motifs is 1. The molecule has 0 bridgehead atoms. The van der Waals surface area contributed by atoms with E-state index in [9.17, 15) is 0 Å². The van der Waals surface area contributed by atoms with E-state index >= 15 is 0 Å². The normalized spacial score (nSPS) is 25.7. The fourth-order valence-electron chi connectivity index (χ4n) is 2.28. The average molecular weight is 179 g/mol. The van der Waals surface area contributed by atoms with Gasteiger partial charge in [-0.1, -0.05) is 13.8 Å². The van der Waals surface area contributed by atoms with E-state index in [4.69, 9.17) is 5.73 Å². The van der Waals surface area contributed by atoms with Gasteiger partial charge in [-0.25, -0.2) is 0 Å². The molecule has 0 aliphatic heterocycles. The zero-order valence-electron chi connectivity index (χ0n) is 8.54. The lowest BCUT2D eigenvalue weighted by Gasteiger charge is -2.32. The first-order valence-corrected chi connectivity index (χ1v) is 4.76. The summed E-state index contributed by atoms with van der Waals surface area (Å²) in [6.45, 7) is 4.53. The predicted octanol–water partition coefficient (Wildman–Crippen LogP) is 1.39. The highest BCUT2D eigenvalue weighted by molar-refractivity contribution is 5.25. The smallest absolute Gasteiger partial charge is 0.0823 e. The summed E-state index contributed by atoms with van der Waals surface area (Å²) >= 11 is 0. The molecule has 3 heteroatoms. The summed E-state index contributed by atoms with van der Waals surface area (Å²) in [5, 5.41) is 4.39. The van der Waals surface area contributed by atoms with Crippen LogP contribution in [0.25, 0.3) is 0 Å². The van der Waals surface area contributed by atoms with Gasteiger partial charge in [-0.3, -0.25) is 4.68 Å². The van der Waals surface area contributed by atoms with Gasteiger partial charge < -0.3 is 5.73 Å². The molecular formula is C10H17N3. The largest absolute Gasteiger partial charge is 0.323 e. The minimum absolute atomic E-state index is 0.125. The predicted molar refractivity (Wildman–Crippen MR) is 52.2 cm³/mol. The molecule has 0 amide bonds. The highest BCUT2D eigenvalue weighted by atomic mass is 15.3. The molecule has 1 heterocycles. The Balaban J connectivity index is 2.42. The Kier molecular flexibility index (Phi) is 1.74. The maximum absolute atomic E-state index is 6.06. The van der Waals surface area contributed by atoms with Gasteiger partial charge in [-0.15, -0.1) is 0 Å². The molecule has 0 saturated heterocycles. The molecule has 0 saturated carbocycles. The van der Waals surface area contributed by atoms with E-state index in [-0.39, 0.29) is 6.04 Å². The van der Waals surface area contributed by atoms with Gasteiger partial charge >= 0.3 is 0 Å². The van der Waals surface area contributed by atoms with Crippen molar-refractivity contribution in [3.8, 4) is 0 Å². The Bertz CT molecular complexity index is 325. The summed E-state index contributed by atoms with van der Waals surface area (Å²) in [4.78, 5) is 0. The molecule has 0 fully saturated rings. The molecule has 1 aliphatic carbocycles. The van der Waals surface area contributed by atoms with Gasteiger partial charge in [-0.2, -0.15) is 5.10 Å². The van der Waals surface area contributed by atoms with E-state index < -0.39 is 0 Å². The fraction of sp³-hybridized carbons (Fsp3) is 0.700. The van der Waals surface area contributed by atoms with E-state index in [1.165, 1.54) is 5.56 Å². The van der Waals surface area contributed by atoms with Gasteiger partial charge in [-0.05, 0) is 23.8 Å². The zero-order valence-corrected chi connectivity index (χ0v) is 8.54. The van der Waals surface area contributed by atoms with Crippen LogP contribution in [0.2, 0.25) is 0 Å². The van der Waals surface area contributed by atoms with Crippen LogP contribution in [0.4, 0.5) is 0 Å². The Hall–Kier alpha value is -0.830. The van der Waals surface area contributed by atoms with Crippen LogP contribution in [0.1, 0.15) is 37.6 Å². The minimum Gasteiger partial charge on any atom is -0.323 e. The molecule has 1 aromatic heterocycles.